The van der Waals surface area contributed by atoms with Gasteiger partial charge in [0.1, 0.15) is 11.2 Å². The van der Waals surface area contributed by atoms with Crippen LogP contribution < -0.4 is 0 Å². The van der Waals surface area contributed by atoms with Gasteiger partial charge in [0.15, 0.2) is 0 Å². The fraction of sp³-hybridized carbons (Fsp3) is 0.129. The Labute approximate surface area is 230 Å². The molecule has 0 aliphatic carbocycles. The van der Waals surface area contributed by atoms with Crippen LogP contribution >= 0.6 is 15.9 Å². The lowest BCUT2D eigenvalue weighted by Gasteiger charge is -2.46. The predicted molar refractivity (Wildman–Crippen MR) is 154 cm³/mol. The van der Waals surface area contributed by atoms with Crippen molar-refractivity contribution in [2.45, 2.75) is 23.9 Å². The zero-order chi connectivity index (χ0) is 26.5. The minimum Gasteiger partial charge on any atom is -0.333 e. The van der Waals surface area contributed by atoms with E-state index in [1.165, 1.54) is 0 Å². The van der Waals surface area contributed by atoms with Gasteiger partial charge in [0.2, 0.25) is 0 Å². The van der Waals surface area contributed by atoms with Crippen LogP contribution in [-0.2, 0) is 22.1 Å². The van der Waals surface area contributed by atoms with Gasteiger partial charge in [-0.25, -0.2) is 12.7 Å². The number of aryl methyl sites for hydroxylation is 1. The van der Waals surface area contributed by atoms with E-state index in [1.54, 1.807) is 24.3 Å². The topological polar surface area (TPSA) is 59.4 Å². The third-order valence-electron chi connectivity index (χ3n) is 7.32. The Morgan fingerprint density at radius 3 is 2.08 bits per heavy atom. The van der Waals surface area contributed by atoms with Crippen molar-refractivity contribution < 1.29 is 13.2 Å². The van der Waals surface area contributed by atoms with Gasteiger partial charge in [-0.2, -0.15) is 0 Å². The molecule has 190 valence electrons. The molecule has 7 heteroatoms. The number of para-hydroxylation sites is 1. The molecule has 1 aromatic heterocycles. The first-order valence-electron chi connectivity index (χ1n) is 12.3. The summed E-state index contributed by atoms with van der Waals surface area (Å²) in [6.07, 6.45) is 0. The second-order valence-electron chi connectivity index (χ2n) is 9.61. The average molecular weight is 586 g/mol. The third kappa shape index (κ3) is 3.64. The molecule has 2 heterocycles. The fourth-order valence-electron chi connectivity index (χ4n) is 5.49. The largest absolute Gasteiger partial charge is 0.333 e. The van der Waals surface area contributed by atoms with Crippen LogP contribution in [0.5, 0.6) is 0 Å². The van der Waals surface area contributed by atoms with Gasteiger partial charge in [-0.3, -0.25) is 4.79 Å². The van der Waals surface area contributed by atoms with E-state index in [2.05, 4.69) is 15.9 Å². The van der Waals surface area contributed by atoms with Gasteiger partial charge in [-0.05, 0) is 36.2 Å². The number of fused-ring (bicyclic) bond motifs is 3. The van der Waals surface area contributed by atoms with Gasteiger partial charge in [-0.15, -0.1) is 0 Å². The standard InChI is InChI=1S/C31H25BrN2O3S/c1-22-16-18-25(19-17-22)38(36,37)34-30(35)29-28(23-10-4-2-5-11-23)26-14-8-9-15-27(26)33(29)21-31(34,20-32)24-12-6-3-7-13-24/h2-19H,20-21H2,1H3/t31-/m0/s1. The van der Waals surface area contributed by atoms with E-state index in [-0.39, 0.29) is 16.8 Å². The van der Waals surface area contributed by atoms with Gasteiger partial charge in [0, 0.05) is 21.8 Å². The Bertz CT molecular complexity index is 1770. The number of carbonyl (C=O) groups is 1. The molecular formula is C31H25BrN2O3S. The Balaban J connectivity index is 1.70. The zero-order valence-electron chi connectivity index (χ0n) is 20.7. The second-order valence-corrected chi connectivity index (χ2v) is 12.0. The zero-order valence-corrected chi connectivity index (χ0v) is 23.1. The van der Waals surface area contributed by atoms with Crippen molar-refractivity contribution in [3.63, 3.8) is 0 Å². The number of amides is 1. The maximum atomic E-state index is 14.7. The molecule has 0 radical (unpaired) electrons. The molecule has 0 saturated heterocycles. The minimum absolute atomic E-state index is 0.0866. The van der Waals surface area contributed by atoms with Crippen molar-refractivity contribution in [3.05, 3.63) is 126 Å². The van der Waals surface area contributed by atoms with E-state index in [4.69, 9.17) is 0 Å². The van der Waals surface area contributed by atoms with Crippen molar-refractivity contribution in [2.75, 3.05) is 5.33 Å². The maximum absolute atomic E-state index is 14.7. The number of hydrogen-bond acceptors (Lipinski definition) is 3. The Morgan fingerprint density at radius 2 is 1.42 bits per heavy atom. The molecule has 0 N–H and O–H groups in total. The van der Waals surface area contributed by atoms with E-state index in [0.29, 0.717) is 5.69 Å². The molecule has 1 aliphatic rings. The van der Waals surface area contributed by atoms with Gasteiger partial charge < -0.3 is 4.57 Å². The number of aromatic nitrogens is 1. The highest BCUT2D eigenvalue weighted by Crippen LogP contribution is 2.46. The number of nitrogens with zero attached hydrogens (tertiary/aromatic N) is 2. The number of rotatable bonds is 5. The van der Waals surface area contributed by atoms with Crippen molar-refractivity contribution >= 4 is 42.8 Å². The lowest BCUT2D eigenvalue weighted by molar-refractivity contribution is 0.0646. The molecule has 6 rings (SSSR count). The molecule has 1 atom stereocenters. The lowest BCUT2D eigenvalue weighted by Crippen LogP contribution is -2.59. The van der Waals surface area contributed by atoms with Crippen LogP contribution in [0.2, 0.25) is 0 Å². The highest BCUT2D eigenvalue weighted by Gasteiger charge is 2.53. The first-order valence-corrected chi connectivity index (χ1v) is 14.9. The van der Waals surface area contributed by atoms with Crippen LogP contribution in [0.25, 0.3) is 22.0 Å². The summed E-state index contributed by atoms with van der Waals surface area (Å²) in [6, 6.07) is 33.6. The van der Waals surface area contributed by atoms with Crippen molar-refractivity contribution in [1.82, 2.24) is 8.87 Å². The SMILES string of the molecule is Cc1ccc(S(=O)(=O)N2C(=O)c3c(-c4ccccc4)c4ccccc4n3C[C@@]2(CBr)c2ccccc2)cc1. The lowest BCUT2D eigenvalue weighted by atomic mass is 9.89. The summed E-state index contributed by atoms with van der Waals surface area (Å²) >= 11 is 3.65. The van der Waals surface area contributed by atoms with Gasteiger partial charge in [-0.1, -0.05) is 112 Å². The molecule has 0 spiro atoms. The van der Waals surface area contributed by atoms with E-state index in [0.717, 1.165) is 37.5 Å². The summed E-state index contributed by atoms with van der Waals surface area (Å²) < 4.78 is 31.9. The Morgan fingerprint density at radius 1 is 0.816 bits per heavy atom. The minimum atomic E-state index is -4.23. The summed E-state index contributed by atoms with van der Waals surface area (Å²) in [4.78, 5) is 14.8. The highest BCUT2D eigenvalue weighted by atomic mass is 79.9. The van der Waals surface area contributed by atoms with Crippen LogP contribution in [0.1, 0.15) is 21.6 Å². The quantitative estimate of drug-likeness (QED) is 0.215. The van der Waals surface area contributed by atoms with E-state index < -0.39 is 21.5 Å². The van der Waals surface area contributed by atoms with Crippen LogP contribution in [-0.4, -0.2) is 28.5 Å². The molecule has 0 bridgehead atoms. The third-order valence-corrected chi connectivity index (χ3v) is 10.1. The molecule has 0 saturated carbocycles. The average Bonchev–Trinajstić information content (AvgIpc) is 3.28. The number of sulfonamides is 1. The molecule has 1 amide bonds. The fourth-order valence-corrected chi connectivity index (χ4v) is 8.09. The van der Waals surface area contributed by atoms with Crippen molar-refractivity contribution in [1.29, 1.82) is 0 Å². The van der Waals surface area contributed by atoms with Crippen LogP contribution in [0.15, 0.2) is 114 Å². The van der Waals surface area contributed by atoms with Crippen LogP contribution in [0.3, 0.4) is 0 Å². The van der Waals surface area contributed by atoms with E-state index in [9.17, 15) is 13.2 Å². The van der Waals surface area contributed by atoms with Crippen LogP contribution in [0.4, 0.5) is 0 Å². The Hall–Kier alpha value is -3.68. The maximum Gasteiger partial charge on any atom is 0.285 e. The highest BCUT2D eigenvalue weighted by molar-refractivity contribution is 9.09. The number of carbonyl (C=O) groups excluding carboxylic acids is 1. The molecule has 5 aromatic rings. The van der Waals surface area contributed by atoms with Gasteiger partial charge >= 0.3 is 0 Å². The molecule has 38 heavy (non-hydrogen) atoms. The first kappa shape index (κ1) is 24.6. The molecule has 0 unspecified atom stereocenters. The number of hydrogen-bond donors (Lipinski definition) is 0. The number of alkyl halides is 1. The summed E-state index contributed by atoms with van der Waals surface area (Å²) in [5.41, 5.74) is 3.37. The normalized spacial score (nSPS) is 17.5. The van der Waals surface area contributed by atoms with Gasteiger partial charge in [0.05, 0.1) is 11.4 Å². The summed E-state index contributed by atoms with van der Waals surface area (Å²) in [7, 11) is -4.23. The summed E-state index contributed by atoms with van der Waals surface area (Å²) in [5, 5.41) is 1.14. The Kier molecular flexibility index (Phi) is 6.00. The smallest absolute Gasteiger partial charge is 0.285 e. The van der Waals surface area contributed by atoms with Crippen molar-refractivity contribution in [3.8, 4) is 11.1 Å². The molecule has 5 nitrogen and oxygen atoms in total. The van der Waals surface area contributed by atoms with E-state index in [1.807, 2.05) is 96.4 Å². The molecule has 1 aliphatic heterocycles. The molecule has 0 fully saturated rings. The second kappa shape index (κ2) is 9.26. The summed E-state index contributed by atoms with van der Waals surface area (Å²) in [6.45, 7) is 2.17. The van der Waals surface area contributed by atoms with Gasteiger partial charge in [0.25, 0.3) is 15.9 Å². The molecule has 4 aromatic carbocycles. The van der Waals surface area contributed by atoms with Crippen LogP contribution in [0, 0.1) is 6.92 Å². The predicted octanol–water partition coefficient (Wildman–Crippen LogP) is 6.75. The first-order chi connectivity index (χ1) is 18.4. The summed E-state index contributed by atoms with van der Waals surface area (Å²) in [5.74, 6) is -0.546. The van der Waals surface area contributed by atoms with E-state index >= 15 is 0 Å². The monoisotopic (exact) mass is 584 g/mol. The van der Waals surface area contributed by atoms with Crippen molar-refractivity contribution in [2.24, 2.45) is 0 Å². The molecular weight excluding hydrogens is 560 g/mol. The number of benzene rings is 4. The number of halogens is 1.